The molecule has 2 rings (SSSR count). The Morgan fingerprint density at radius 2 is 1.86 bits per heavy atom. The first-order chi connectivity index (χ1) is 10.2. The largest absolute Gasteiger partial charge is 0.493 e. The molecule has 0 spiro atoms. The van der Waals surface area contributed by atoms with Crippen molar-refractivity contribution in [2.24, 2.45) is 11.8 Å². The zero-order valence-electron chi connectivity index (χ0n) is 13.4. The Hall–Kier alpha value is -1.51. The van der Waals surface area contributed by atoms with E-state index >= 15 is 0 Å². The maximum atomic E-state index is 12.6. The van der Waals surface area contributed by atoms with Crippen molar-refractivity contribution >= 4 is 5.78 Å². The van der Waals surface area contributed by atoms with E-state index < -0.39 is 0 Å². The van der Waals surface area contributed by atoms with Gasteiger partial charge in [0.2, 0.25) is 0 Å². The van der Waals surface area contributed by atoms with Gasteiger partial charge in [-0.05, 0) is 36.5 Å². The molecule has 1 fully saturated rings. The van der Waals surface area contributed by atoms with Crippen LogP contribution < -0.4 is 9.47 Å². The van der Waals surface area contributed by atoms with Crippen LogP contribution >= 0.6 is 0 Å². The molecule has 0 heterocycles. The lowest BCUT2D eigenvalue weighted by atomic mass is 9.74. The van der Waals surface area contributed by atoms with Crippen LogP contribution in [0.1, 0.15) is 44.6 Å². The number of carbonyl (C=O) groups is 1. The minimum atomic E-state index is 0.247. The fraction of sp³-hybridized carbons (Fsp3) is 0.611. The van der Waals surface area contributed by atoms with Gasteiger partial charge in [-0.25, -0.2) is 0 Å². The van der Waals surface area contributed by atoms with Gasteiger partial charge < -0.3 is 9.47 Å². The average molecular weight is 290 g/mol. The van der Waals surface area contributed by atoms with Crippen LogP contribution in [-0.2, 0) is 11.2 Å². The predicted octanol–water partition coefficient (Wildman–Crippen LogP) is 4.03. The summed E-state index contributed by atoms with van der Waals surface area (Å²) in [6, 6.07) is 5.75. The quantitative estimate of drug-likeness (QED) is 0.793. The summed E-state index contributed by atoms with van der Waals surface area (Å²) in [7, 11) is 3.24. The van der Waals surface area contributed by atoms with E-state index in [4.69, 9.17) is 9.47 Å². The van der Waals surface area contributed by atoms with Crippen molar-refractivity contribution in [2.45, 2.75) is 45.4 Å². The van der Waals surface area contributed by atoms with Crippen LogP contribution in [0.2, 0.25) is 0 Å². The standard InChI is InChI=1S/C18H26O3/c1-4-14-7-5-6-8-15(14)16(19)11-13-9-10-17(20-2)18(12-13)21-3/h9-10,12,14-15H,4-8,11H2,1-3H3. The Labute approximate surface area is 127 Å². The van der Waals surface area contributed by atoms with Gasteiger partial charge in [0.25, 0.3) is 0 Å². The van der Waals surface area contributed by atoms with Crippen molar-refractivity contribution in [3.8, 4) is 11.5 Å². The smallest absolute Gasteiger partial charge is 0.161 e. The first kappa shape index (κ1) is 15.9. The molecule has 21 heavy (non-hydrogen) atoms. The van der Waals surface area contributed by atoms with Gasteiger partial charge in [0.1, 0.15) is 5.78 Å². The Morgan fingerprint density at radius 3 is 2.52 bits per heavy atom. The highest BCUT2D eigenvalue weighted by atomic mass is 16.5. The lowest BCUT2D eigenvalue weighted by molar-refractivity contribution is -0.125. The van der Waals surface area contributed by atoms with E-state index in [0.717, 1.165) is 18.4 Å². The van der Waals surface area contributed by atoms with Crippen LogP contribution in [0, 0.1) is 11.8 Å². The Kier molecular flexibility index (Phi) is 5.66. The molecule has 0 amide bonds. The number of methoxy groups -OCH3 is 2. The van der Waals surface area contributed by atoms with E-state index in [9.17, 15) is 4.79 Å². The second-order valence-corrected chi connectivity index (χ2v) is 5.89. The molecule has 1 saturated carbocycles. The second kappa shape index (κ2) is 7.48. The van der Waals surface area contributed by atoms with Gasteiger partial charge in [-0.15, -0.1) is 0 Å². The molecular formula is C18H26O3. The van der Waals surface area contributed by atoms with Crippen LogP contribution in [0.25, 0.3) is 0 Å². The normalized spacial score (nSPS) is 21.9. The number of ketones is 1. The lowest BCUT2D eigenvalue weighted by Crippen LogP contribution is -2.28. The van der Waals surface area contributed by atoms with E-state index in [-0.39, 0.29) is 5.92 Å². The molecule has 1 aromatic rings. The Morgan fingerprint density at radius 1 is 1.14 bits per heavy atom. The van der Waals surface area contributed by atoms with Gasteiger partial charge in [0, 0.05) is 12.3 Å². The zero-order chi connectivity index (χ0) is 15.2. The molecule has 0 N–H and O–H groups in total. The summed E-state index contributed by atoms with van der Waals surface area (Å²) < 4.78 is 10.5. The monoisotopic (exact) mass is 290 g/mol. The van der Waals surface area contributed by atoms with E-state index in [0.29, 0.717) is 29.6 Å². The molecule has 3 nitrogen and oxygen atoms in total. The molecule has 0 bridgehead atoms. The van der Waals surface area contributed by atoms with Gasteiger partial charge in [0.15, 0.2) is 11.5 Å². The molecule has 116 valence electrons. The lowest BCUT2D eigenvalue weighted by Gasteiger charge is -2.29. The summed E-state index contributed by atoms with van der Waals surface area (Å²) in [5, 5.41) is 0. The van der Waals surface area contributed by atoms with Crippen molar-refractivity contribution in [2.75, 3.05) is 14.2 Å². The number of ether oxygens (including phenoxy) is 2. The SMILES string of the molecule is CCC1CCCCC1C(=O)Cc1ccc(OC)c(OC)c1. The molecular weight excluding hydrogens is 264 g/mol. The van der Waals surface area contributed by atoms with E-state index in [1.54, 1.807) is 14.2 Å². The molecule has 0 aromatic heterocycles. The van der Waals surface area contributed by atoms with Crippen molar-refractivity contribution in [3.63, 3.8) is 0 Å². The summed E-state index contributed by atoms with van der Waals surface area (Å²) in [5.74, 6) is 2.60. The second-order valence-electron chi connectivity index (χ2n) is 5.89. The topological polar surface area (TPSA) is 35.5 Å². The highest BCUT2D eigenvalue weighted by Gasteiger charge is 2.29. The minimum Gasteiger partial charge on any atom is -0.493 e. The molecule has 0 aliphatic heterocycles. The van der Waals surface area contributed by atoms with Gasteiger partial charge in [0.05, 0.1) is 14.2 Å². The number of Topliss-reactive ketones (excluding diaryl/α,β-unsaturated/α-hetero) is 1. The Bertz CT molecular complexity index is 481. The van der Waals surface area contributed by atoms with Crippen LogP contribution in [0.3, 0.4) is 0 Å². The van der Waals surface area contributed by atoms with Gasteiger partial charge in [-0.3, -0.25) is 4.79 Å². The molecule has 1 aliphatic rings. The maximum absolute atomic E-state index is 12.6. The molecule has 0 saturated heterocycles. The molecule has 1 aliphatic carbocycles. The number of hydrogen-bond donors (Lipinski definition) is 0. The van der Waals surface area contributed by atoms with Crippen molar-refractivity contribution < 1.29 is 14.3 Å². The maximum Gasteiger partial charge on any atom is 0.161 e. The summed E-state index contributed by atoms with van der Waals surface area (Å²) in [6.07, 6.45) is 6.35. The highest BCUT2D eigenvalue weighted by Crippen LogP contribution is 2.34. The van der Waals surface area contributed by atoms with Crippen molar-refractivity contribution in [1.29, 1.82) is 0 Å². The van der Waals surface area contributed by atoms with Gasteiger partial charge >= 0.3 is 0 Å². The van der Waals surface area contributed by atoms with Crippen LogP contribution in [0.15, 0.2) is 18.2 Å². The third-order valence-electron chi connectivity index (χ3n) is 4.67. The summed E-state index contributed by atoms with van der Waals surface area (Å²) in [6.45, 7) is 2.20. The zero-order valence-corrected chi connectivity index (χ0v) is 13.4. The summed E-state index contributed by atoms with van der Waals surface area (Å²) in [5.41, 5.74) is 1.01. The summed E-state index contributed by atoms with van der Waals surface area (Å²) in [4.78, 5) is 12.6. The average Bonchev–Trinajstić information content (AvgIpc) is 2.54. The number of carbonyl (C=O) groups excluding carboxylic acids is 1. The van der Waals surface area contributed by atoms with Gasteiger partial charge in [-0.2, -0.15) is 0 Å². The first-order valence-electron chi connectivity index (χ1n) is 7.93. The molecule has 2 atom stereocenters. The first-order valence-corrected chi connectivity index (χ1v) is 7.93. The Balaban J connectivity index is 2.08. The number of benzene rings is 1. The van der Waals surface area contributed by atoms with Crippen LogP contribution in [-0.4, -0.2) is 20.0 Å². The number of hydrogen-bond acceptors (Lipinski definition) is 3. The van der Waals surface area contributed by atoms with Crippen LogP contribution in [0.5, 0.6) is 11.5 Å². The third kappa shape index (κ3) is 3.78. The number of rotatable bonds is 6. The summed E-state index contributed by atoms with van der Waals surface area (Å²) >= 11 is 0. The third-order valence-corrected chi connectivity index (χ3v) is 4.67. The minimum absolute atomic E-state index is 0.247. The molecule has 0 radical (unpaired) electrons. The highest BCUT2D eigenvalue weighted by molar-refractivity contribution is 5.83. The van der Waals surface area contributed by atoms with Crippen molar-refractivity contribution in [3.05, 3.63) is 23.8 Å². The van der Waals surface area contributed by atoms with E-state index in [1.807, 2.05) is 18.2 Å². The predicted molar refractivity (Wildman–Crippen MR) is 84.0 cm³/mol. The van der Waals surface area contributed by atoms with Gasteiger partial charge in [-0.1, -0.05) is 32.3 Å². The fourth-order valence-electron chi connectivity index (χ4n) is 3.44. The fourth-order valence-corrected chi connectivity index (χ4v) is 3.44. The molecule has 1 aromatic carbocycles. The molecule has 3 heteroatoms. The molecule has 2 unspecified atom stereocenters. The van der Waals surface area contributed by atoms with E-state index in [2.05, 4.69) is 6.92 Å². The van der Waals surface area contributed by atoms with Crippen molar-refractivity contribution in [1.82, 2.24) is 0 Å². The van der Waals surface area contributed by atoms with Crippen LogP contribution in [0.4, 0.5) is 0 Å². The van der Waals surface area contributed by atoms with E-state index in [1.165, 1.54) is 19.3 Å².